The number of nitrogens with zero attached hydrogens (tertiary/aromatic N) is 2. The summed E-state index contributed by atoms with van der Waals surface area (Å²) in [7, 11) is 1.86. The Morgan fingerprint density at radius 1 is 1.32 bits per heavy atom. The van der Waals surface area contributed by atoms with Crippen LogP contribution in [0.15, 0.2) is 22.7 Å². The normalized spacial score (nSPS) is 14.2. The lowest BCUT2D eigenvalue weighted by Gasteiger charge is -2.28. The average molecular weight is 434 g/mol. The fraction of sp³-hybridized carbons (Fsp3) is 0.529. The van der Waals surface area contributed by atoms with Crippen molar-refractivity contribution in [3.8, 4) is 0 Å². The van der Waals surface area contributed by atoms with Gasteiger partial charge in [-0.2, -0.15) is 0 Å². The highest BCUT2D eigenvalue weighted by Gasteiger charge is 2.17. The highest BCUT2D eigenvalue weighted by molar-refractivity contribution is 9.10. The first-order chi connectivity index (χ1) is 11.5. The Morgan fingerprint density at radius 2 is 2.00 bits per heavy atom. The second kappa shape index (κ2) is 10.8. The molecule has 0 radical (unpaired) electrons. The van der Waals surface area contributed by atoms with Crippen LogP contribution in [-0.2, 0) is 9.59 Å². The van der Waals surface area contributed by atoms with E-state index < -0.39 is 0 Å². The van der Waals surface area contributed by atoms with Gasteiger partial charge in [0.25, 0.3) is 0 Å². The number of likely N-dealkylation sites (N-methyl/N-ethyl adjacent to an activating group) is 1. The van der Waals surface area contributed by atoms with Crippen molar-refractivity contribution in [2.24, 2.45) is 0 Å². The van der Waals surface area contributed by atoms with Gasteiger partial charge in [0, 0.05) is 49.3 Å². The Labute approximate surface area is 163 Å². The fourth-order valence-electron chi connectivity index (χ4n) is 2.64. The van der Waals surface area contributed by atoms with Crippen LogP contribution in [0.4, 0.5) is 5.69 Å². The first-order valence-electron chi connectivity index (χ1n) is 8.19. The van der Waals surface area contributed by atoms with E-state index in [4.69, 9.17) is 0 Å². The van der Waals surface area contributed by atoms with Gasteiger partial charge in [0.2, 0.25) is 11.8 Å². The summed E-state index contributed by atoms with van der Waals surface area (Å²) in [5, 5.41) is 6.15. The number of halogens is 2. The van der Waals surface area contributed by atoms with Crippen LogP contribution < -0.4 is 10.6 Å². The molecule has 140 valence electrons. The van der Waals surface area contributed by atoms with Gasteiger partial charge in [-0.3, -0.25) is 14.5 Å². The SMILES string of the molecule is Cc1cc(Br)ccc1NC(=O)CN(C)CCC(=O)N1CCNCC1.Cl. The summed E-state index contributed by atoms with van der Waals surface area (Å²) in [5.74, 6) is 0.0880. The number of carbonyl (C=O) groups excluding carboxylic acids is 2. The zero-order chi connectivity index (χ0) is 17.5. The van der Waals surface area contributed by atoms with Gasteiger partial charge in [-0.1, -0.05) is 15.9 Å². The van der Waals surface area contributed by atoms with E-state index >= 15 is 0 Å². The number of benzene rings is 1. The zero-order valence-electron chi connectivity index (χ0n) is 14.7. The number of hydrogen-bond donors (Lipinski definition) is 2. The minimum Gasteiger partial charge on any atom is -0.340 e. The van der Waals surface area contributed by atoms with E-state index in [1.807, 2.05) is 42.0 Å². The first kappa shape index (κ1) is 21.9. The second-order valence-corrected chi connectivity index (χ2v) is 7.04. The number of nitrogens with one attached hydrogen (secondary N) is 2. The first-order valence-corrected chi connectivity index (χ1v) is 8.98. The smallest absolute Gasteiger partial charge is 0.238 e. The number of piperazine rings is 1. The fourth-order valence-corrected chi connectivity index (χ4v) is 3.12. The van der Waals surface area contributed by atoms with Gasteiger partial charge < -0.3 is 15.5 Å². The Bertz CT molecular complexity index is 594. The van der Waals surface area contributed by atoms with Crippen molar-refractivity contribution in [1.82, 2.24) is 15.1 Å². The molecule has 1 saturated heterocycles. The molecule has 0 aliphatic carbocycles. The molecule has 0 aromatic heterocycles. The van der Waals surface area contributed by atoms with E-state index in [1.165, 1.54) is 0 Å². The molecule has 25 heavy (non-hydrogen) atoms. The number of carbonyl (C=O) groups is 2. The molecule has 0 bridgehead atoms. The van der Waals surface area contributed by atoms with E-state index in [0.29, 0.717) is 13.0 Å². The Balaban J connectivity index is 0.00000312. The minimum absolute atomic E-state index is 0. The van der Waals surface area contributed by atoms with Crippen molar-refractivity contribution in [3.05, 3.63) is 28.2 Å². The lowest BCUT2D eigenvalue weighted by atomic mass is 10.2. The molecular formula is C17H26BrClN4O2. The van der Waals surface area contributed by atoms with Gasteiger partial charge in [0.1, 0.15) is 0 Å². The number of hydrogen-bond acceptors (Lipinski definition) is 4. The molecule has 0 atom stereocenters. The predicted octanol–water partition coefficient (Wildman–Crippen LogP) is 1.87. The highest BCUT2D eigenvalue weighted by atomic mass is 79.9. The quantitative estimate of drug-likeness (QED) is 0.719. The minimum atomic E-state index is -0.0717. The van der Waals surface area contributed by atoms with Gasteiger partial charge in [-0.25, -0.2) is 0 Å². The maximum atomic E-state index is 12.1. The molecule has 2 amide bonds. The lowest BCUT2D eigenvalue weighted by Crippen LogP contribution is -2.47. The van der Waals surface area contributed by atoms with Crippen LogP contribution in [0, 0.1) is 6.92 Å². The Kier molecular flexibility index (Phi) is 9.42. The number of aryl methyl sites for hydroxylation is 1. The Hall–Kier alpha value is -1.15. The third kappa shape index (κ3) is 7.32. The van der Waals surface area contributed by atoms with Crippen molar-refractivity contribution < 1.29 is 9.59 Å². The Morgan fingerprint density at radius 3 is 2.64 bits per heavy atom. The number of amides is 2. The largest absolute Gasteiger partial charge is 0.340 e. The van der Waals surface area contributed by atoms with Crippen LogP contribution in [0.2, 0.25) is 0 Å². The zero-order valence-corrected chi connectivity index (χ0v) is 17.1. The molecule has 0 unspecified atom stereocenters. The predicted molar refractivity (Wildman–Crippen MR) is 106 cm³/mol. The molecule has 1 aliphatic heterocycles. The van der Waals surface area contributed by atoms with Crippen molar-refractivity contribution in [1.29, 1.82) is 0 Å². The third-order valence-corrected chi connectivity index (χ3v) is 4.55. The summed E-state index contributed by atoms with van der Waals surface area (Å²) in [4.78, 5) is 28.0. The highest BCUT2D eigenvalue weighted by Crippen LogP contribution is 2.19. The average Bonchev–Trinajstić information content (AvgIpc) is 2.56. The van der Waals surface area contributed by atoms with Crippen LogP contribution in [0.3, 0.4) is 0 Å². The molecular weight excluding hydrogens is 408 g/mol. The van der Waals surface area contributed by atoms with Crippen molar-refractivity contribution >= 4 is 45.8 Å². The van der Waals surface area contributed by atoms with Gasteiger partial charge in [0.05, 0.1) is 6.54 Å². The van der Waals surface area contributed by atoms with Crippen LogP contribution in [0.5, 0.6) is 0 Å². The molecule has 8 heteroatoms. The summed E-state index contributed by atoms with van der Waals surface area (Å²) in [6.07, 6.45) is 0.446. The van der Waals surface area contributed by atoms with Gasteiger partial charge >= 0.3 is 0 Å². The molecule has 1 aromatic carbocycles. The molecule has 6 nitrogen and oxygen atoms in total. The maximum Gasteiger partial charge on any atom is 0.238 e. The summed E-state index contributed by atoms with van der Waals surface area (Å²) < 4.78 is 0.988. The van der Waals surface area contributed by atoms with Crippen LogP contribution in [0.1, 0.15) is 12.0 Å². The molecule has 0 saturated carbocycles. The van der Waals surface area contributed by atoms with Gasteiger partial charge in [-0.05, 0) is 37.7 Å². The van der Waals surface area contributed by atoms with Gasteiger partial charge in [0.15, 0.2) is 0 Å². The molecule has 2 N–H and O–H groups in total. The van der Waals surface area contributed by atoms with E-state index in [1.54, 1.807) is 0 Å². The van der Waals surface area contributed by atoms with Crippen molar-refractivity contribution in [2.45, 2.75) is 13.3 Å². The maximum absolute atomic E-state index is 12.1. The lowest BCUT2D eigenvalue weighted by molar-refractivity contribution is -0.132. The monoisotopic (exact) mass is 432 g/mol. The molecule has 1 aromatic rings. The summed E-state index contributed by atoms with van der Waals surface area (Å²) in [5.41, 5.74) is 1.82. The van der Waals surface area contributed by atoms with Crippen LogP contribution >= 0.6 is 28.3 Å². The van der Waals surface area contributed by atoms with E-state index in [2.05, 4.69) is 26.6 Å². The second-order valence-electron chi connectivity index (χ2n) is 6.13. The van der Waals surface area contributed by atoms with E-state index in [0.717, 1.165) is 41.9 Å². The number of rotatable bonds is 6. The molecule has 1 fully saturated rings. The summed E-state index contributed by atoms with van der Waals surface area (Å²) in [6.45, 7) is 6.06. The van der Waals surface area contributed by atoms with Crippen molar-refractivity contribution in [2.75, 3.05) is 51.6 Å². The molecule has 2 rings (SSSR count). The summed E-state index contributed by atoms with van der Waals surface area (Å²) >= 11 is 3.41. The summed E-state index contributed by atoms with van der Waals surface area (Å²) in [6, 6.07) is 5.75. The standard InChI is InChI=1S/C17H25BrN4O2.ClH/c1-13-11-14(18)3-4-15(13)20-16(23)12-21(2)8-5-17(24)22-9-6-19-7-10-22;/h3-4,11,19H,5-10,12H2,1-2H3,(H,20,23);1H. The van der Waals surface area contributed by atoms with E-state index in [-0.39, 0.29) is 30.8 Å². The van der Waals surface area contributed by atoms with Crippen LogP contribution in [0.25, 0.3) is 0 Å². The number of anilines is 1. The molecule has 1 aliphatic rings. The topological polar surface area (TPSA) is 64.7 Å². The van der Waals surface area contributed by atoms with Crippen LogP contribution in [-0.4, -0.2) is 67.9 Å². The van der Waals surface area contributed by atoms with Gasteiger partial charge in [-0.15, -0.1) is 12.4 Å². The van der Waals surface area contributed by atoms with E-state index in [9.17, 15) is 9.59 Å². The molecule has 0 spiro atoms. The van der Waals surface area contributed by atoms with Crippen molar-refractivity contribution in [3.63, 3.8) is 0 Å². The third-order valence-electron chi connectivity index (χ3n) is 4.05. The molecule has 1 heterocycles.